The summed E-state index contributed by atoms with van der Waals surface area (Å²) in [6, 6.07) is 11.7. The van der Waals surface area contributed by atoms with Gasteiger partial charge in [-0.2, -0.15) is 0 Å². The molecule has 1 amide bonds. The van der Waals surface area contributed by atoms with E-state index in [2.05, 4.69) is 15.3 Å². The number of aliphatic hydroxyl groups excluding tert-OH is 2. The van der Waals surface area contributed by atoms with E-state index in [0.717, 1.165) is 23.5 Å². The van der Waals surface area contributed by atoms with Gasteiger partial charge in [-0.25, -0.2) is 18.2 Å². The quantitative estimate of drug-likeness (QED) is 0.322. The van der Waals surface area contributed by atoms with E-state index in [0.29, 0.717) is 16.1 Å². The molecule has 2 aromatic carbocycles. The summed E-state index contributed by atoms with van der Waals surface area (Å²) in [6.45, 7) is 1.13. The van der Waals surface area contributed by atoms with E-state index in [-0.39, 0.29) is 16.1 Å². The Morgan fingerprint density at radius 3 is 2.53 bits per heavy atom. The van der Waals surface area contributed by atoms with Crippen LogP contribution in [0.2, 0.25) is 0 Å². The molecule has 10 heteroatoms. The van der Waals surface area contributed by atoms with Crippen LogP contribution in [0.5, 0.6) is 0 Å². The van der Waals surface area contributed by atoms with E-state index in [1.807, 2.05) is 0 Å². The number of hydrogen-bond acceptors (Lipinski definition) is 6. The van der Waals surface area contributed by atoms with Crippen LogP contribution in [0.15, 0.2) is 67.0 Å². The number of hydrogen-bond donors (Lipinski definition) is 3. The van der Waals surface area contributed by atoms with Crippen LogP contribution >= 0.6 is 11.3 Å². The van der Waals surface area contributed by atoms with Crippen molar-refractivity contribution in [3.05, 3.63) is 95.7 Å². The lowest BCUT2D eigenvalue weighted by molar-refractivity contribution is 0.0504. The van der Waals surface area contributed by atoms with Crippen molar-refractivity contribution < 1.29 is 28.2 Å². The monoisotopic (exact) mass is 513 g/mol. The normalized spacial score (nSPS) is 13.7. The molecule has 0 saturated heterocycles. The Kier molecular flexibility index (Phi) is 7.78. The molecule has 36 heavy (non-hydrogen) atoms. The van der Waals surface area contributed by atoms with E-state index in [1.165, 1.54) is 30.5 Å². The number of carbonyl (C=O) groups excluding carboxylic acids is 1. The summed E-state index contributed by atoms with van der Waals surface area (Å²) in [7, 11) is 0. The number of aliphatic hydroxyl groups is 2. The van der Waals surface area contributed by atoms with E-state index < -0.39 is 48.0 Å². The Labute approximate surface area is 209 Å². The van der Waals surface area contributed by atoms with Crippen LogP contribution in [0.1, 0.15) is 28.9 Å². The van der Waals surface area contributed by atoms with Gasteiger partial charge < -0.3 is 15.5 Å². The van der Waals surface area contributed by atoms with Gasteiger partial charge in [0.1, 0.15) is 10.8 Å². The van der Waals surface area contributed by atoms with Crippen LogP contribution < -0.4 is 5.32 Å². The van der Waals surface area contributed by atoms with E-state index in [9.17, 15) is 28.2 Å². The van der Waals surface area contributed by atoms with Crippen molar-refractivity contribution >= 4 is 17.2 Å². The molecule has 4 rings (SSSR count). The number of amides is 1. The van der Waals surface area contributed by atoms with Crippen LogP contribution in [0, 0.1) is 17.5 Å². The molecule has 0 aliphatic carbocycles. The number of nitrogens with one attached hydrogen (secondary N) is 1. The highest BCUT2D eigenvalue weighted by molar-refractivity contribution is 7.18. The molecule has 0 spiro atoms. The number of rotatable bonds is 8. The Morgan fingerprint density at radius 1 is 1.03 bits per heavy atom. The molecule has 6 nitrogen and oxygen atoms in total. The van der Waals surface area contributed by atoms with Crippen molar-refractivity contribution in [2.24, 2.45) is 0 Å². The lowest BCUT2D eigenvalue weighted by Gasteiger charge is -2.28. The van der Waals surface area contributed by atoms with Gasteiger partial charge in [0.2, 0.25) is 0 Å². The standard InChI is InChI=1S/C26H22F3N3O3S/c1-14(20-7-2-3-10-30-20)24(21(34)13-33)32-25(35)16-5-4-6-18(28)23(16)26-31-12-22(36-26)15-8-9-17(27)19(29)11-15/h2-12,14,21,24,33-34H,13H2,1H3,(H,32,35)/t14?,21-,24-/m1/s1. The first-order valence-electron chi connectivity index (χ1n) is 11.0. The summed E-state index contributed by atoms with van der Waals surface area (Å²) in [6.07, 6.45) is 1.67. The van der Waals surface area contributed by atoms with Crippen molar-refractivity contribution in [1.29, 1.82) is 0 Å². The van der Waals surface area contributed by atoms with Gasteiger partial charge in [-0.15, -0.1) is 11.3 Å². The highest BCUT2D eigenvalue weighted by Crippen LogP contribution is 2.36. The smallest absolute Gasteiger partial charge is 0.252 e. The first-order chi connectivity index (χ1) is 17.3. The Bertz CT molecular complexity index is 1370. The molecule has 2 aromatic heterocycles. The molecule has 0 aliphatic rings. The van der Waals surface area contributed by atoms with Crippen LogP contribution in [0.3, 0.4) is 0 Å². The number of benzene rings is 2. The molecule has 4 aromatic rings. The van der Waals surface area contributed by atoms with Gasteiger partial charge >= 0.3 is 0 Å². The van der Waals surface area contributed by atoms with E-state index >= 15 is 0 Å². The zero-order valence-electron chi connectivity index (χ0n) is 19.0. The largest absolute Gasteiger partial charge is 0.394 e. The molecule has 1 unspecified atom stereocenters. The first kappa shape index (κ1) is 25.5. The predicted molar refractivity (Wildman–Crippen MR) is 130 cm³/mol. The van der Waals surface area contributed by atoms with Crippen LogP contribution in [0.4, 0.5) is 13.2 Å². The molecule has 3 N–H and O–H groups in total. The molecular formula is C26H22F3N3O3S. The lowest BCUT2D eigenvalue weighted by atomic mass is 9.92. The molecule has 0 saturated carbocycles. The zero-order valence-corrected chi connectivity index (χ0v) is 19.8. The van der Waals surface area contributed by atoms with Crippen LogP contribution in [-0.4, -0.2) is 44.8 Å². The highest BCUT2D eigenvalue weighted by atomic mass is 32.1. The fraction of sp³-hybridized carbons (Fsp3) is 0.192. The molecule has 3 atom stereocenters. The number of thiazole rings is 1. The summed E-state index contributed by atoms with van der Waals surface area (Å²) in [4.78, 5) is 22.2. The predicted octanol–water partition coefficient (Wildman–Crippen LogP) is 4.54. The second kappa shape index (κ2) is 11.0. The molecule has 186 valence electrons. The maximum absolute atomic E-state index is 15.0. The maximum Gasteiger partial charge on any atom is 0.252 e. The number of aromatic nitrogens is 2. The maximum atomic E-state index is 15.0. The van der Waals surface area contributed by atoms with Gasteiger partial charge in [0.05, 0.1) is 34.8 Å². The van der Waals surface area contributed by atoms with Gasteiger partial charge in [-0.3, -0.25) is 9.78 Å². The third-order valence-electron chi connectivity index (χ3n) is 5.77. The van der Waals surface area contributed by atoms with Crippen molar-refractivity contribution in [2.75, 3.05) is 6.61 Å². The number of pyridine rings is 1. The van der Waals surface area contributed by atoms with E-state index in [4.69, 9.17) is 0 Å². The van der Waals surface area contributed by atoms with Gasteiger partial charge in [0.25, 0.3) is 5.91 Å². The minimum Gasteiger partial charge on any atom is -0.394 e. The summed E-state index contributed by atoms with van der Waals surface area (Å²) < 4.78 is 42.0. The topological polar surface area (TPSA) is 95.3 Å². The highest BCUT2D eigenvalue weighted by Gasteiger charge is 2.30. The molecule has 0 fully saturated rings. The number of carbonyl (C=O) groups is 1. The van der Waals surface area contributed by atoms with Gasteiger partial charge in [0.15, 0.2) is 11.6 Å². The van der Waals surface area contributed by atoms with Gasteiger partial charge in [-0.1, -0.05) is 25.1 Å². The van der Waals surface area contributed by atoms with Crippen molar-refractivity contribution in [1.82, 2.24) is 15.3 Å². The lowest BCUT2D eigenvalue weighted by Crippen LogP contribution is -2.48. The van der Waals surface area contributed by atoms with Crippen LogP contribution in [-0.2, 0) is 0 Å². The fourth-order valence-corrected chi connectivity index (χ4v) is 4.80. The summed E-state index contributed by atoms with van der Waals surface area (Å²) >= 11 is 1.01. The van der Waals surface area contributed by atoms with Crippen molar-refractivity contribution in [2.45, 2.75) is 25.0 Å². The third kappa shape index (κ3) is 5.30. The SMILES string of the molecule is CC(c1ccccn1)[C@@H](NC(=O)c1cccc(F)c1-c1ncc(-c2ccc(F)c(F)c2)s1)[C@H](O)CO. The second-order valence-corrected chi connectivity index (χ2v) is 9.14. The van der Waals surface area contributed by atoms with Gasteiger partial charge in [-0.05, 0) is 42.0 Å². The average Bonchev–Trinajstić information content (AvgIpc) is 3.38. The number of nitrogens with zero attached hydrogens (tertiary/aromatic N) is 2. The zero-order chi connectivity index (χ0) is 25.8. The molecule has 0 bridgehead atoms. The minimum atomic E-state index is -1.30. The molecule has 0 aliphatic heterocycles. The summed E-state index contributed by atoms with van der Waals surface area (Å²) in [5.74, 6) is -3.88. The molecule has 0 radical (unpaired) electrons. The van der Waals surface area contributed by atoms with Crippen LogP contribution in [0.25, 0.3) is 21.0 Å². The van der Waals surface area contributed by atoms with Gasteiger partial charge in [0, 0.05) is 24.0 Å². The Hall–Kier alpha value is -3.60. The van der Waals surface area contributed by atoms with E-state index in [1.54, 1.807) is 31.3 Å². The average molecular weight is 514 g/mol. The summed E-state index contributed by atoms with van der Waals surface area (Å²) in [5.41, 5.74) is 0.835. The first-order valence-corrected chi connectivity index (χ1v) is 11.8. The summed E-state index contributed by atoms with van der Waals surface area (Å²) in [5, 5.41) is 22.9. The number of halogens is 3. The Balaban J connectivity index is 1.67. The minimum absolute atomic E-state index is 0.0375. The third-order valence-corrected chi connectivity index (χ3v) is 6.84. The fourth-order valence-electron chi connectivity index (χ4n) is 3.83. The van der Waals surface area contributed by atoms with Crippen molar-refractivity contribution in [3.8, 4) is 21.0 Å². The molecular weight excluding hydrogens is 491 g/mol. The molecule has 2 heterocycles. The van der Waals surface area contributed by atoms with Crippen molar-refractivity contribution in [3.63, 3.8) is 0 Å². The second-order valence-electron chi connectivity index (χ2n) is 8.11. The Morgan fingerprint density at radius 2 is 1.83 bits per heavy atom.